The third kappa shape index (κ3) is 5.16. The van der Waals surface area contributed by atoms with Gasteiger partial charge in [0, 0.05) is 11.6 Å². The van der Waals surface area contributed by atoms with Gasteiger partial charge in [-0.3, -0.25) is 19.9 Å². The Balaban J connectivity index is 1.83. The van der Waals surface area contributed by atoms with Crippen LogP contribution in [0.2, 0.25) is 0 Å². The maximum atomic E-state index is 11.6. The molecule has 0 radical (unpaired) electrons. The lowest BCUT2D eigenvalue weighted by Gasteiger charge is -2.12. The van der Waals surface area contributed by atoms with Crippen LogP contribution in [0.3, 0.4) is 0 Å². The van der Waals surface area contributed by atoms with E-state index in [-0.39, 0.29) is 29.7 Å². The summed E-state index contributed by atoms with van der Waals surface area (Å²) in [6, 6.07) is 10.5. The number of nitrogens with zero attached hydrogens (tertiary/aromatic N) is 4. The first kappa shape index (κ1) is 20.5. The van der Waals surface area contributed by atoms with Crippen LogP contribution in [0.1, 0.15) is 16.7 Å². The number of methoxy groups -OCH3 is 1. The van der Waals surface area contributed by atoms with E-state index in [2.05, 4.69) is 25.7 Å². The molecule has 11 heteroatoms. The van der Waals surface area contributed by atoms with Crippen molar-refractivity contribution in [3.63, 3.8) is 0 Å². The van der Waals surface area contributed by atoms with Crippen LogP contribution in [0.15, 0.2) is 52.5 Å². The van der Waals surface area contributed by atoms with Gasteiger partial charge < -0.3 is 9.47 Å². The fourth-order valence-electron chi connectivity index (χ4n) is 2.49. The fraction of sp³-hybridized carbons (Fsp3) is 0.158. The molecule has 1 heterocycles. The number of hydrogen-bond donors (Lipinski definition) is 2. The van der Waals surface area contributed by atoms with Gasteiger partial charge in [0.05, 0.1) is 18.2 Å². The summed E-state index contributed by atoms with van der Waals surface area (Å²) in [6.45, 7) is 2.11. The van der Waals surface area contributed by atoms with Crippen molar-refractivity contribution in [2.45, 2.75) is 13.5 Å². The average Bonchev–Trinajstić information content (AvgIpc) is 2.73. The van der Waals surface area contributed by atoms with Crippen molar-refractivity contribution < 1.29 is 14.4 Å². The van der Waals surface area contributed by atoms with Crippen LogP contribution in [0.25, 0.3) is 0 Å². The van der Waals surface area contributed by atoms with E-state index in [1.807, 2.05) is 31.2 Å². The number of H-pyrrole nitrogens is 1. The Morgan fingerprint density at radius 2 is 2.07 bits per heavy atom. The predicted molar refractivity (Wildman–Crippen MR) is 109 cm³/mol. The summed E-state index contributed by atoms with van der Waals surface area (Å²) in [5, 5.41) is 22.6. The van der Waals surface area contributed by atoms with Crippen molar-refractivity contribution in [3.8, 4) is 11.5 Å². The Bertz CT molecular complexity index is 1130. The quantitative estimate of drug-likeness (QED) is 0.327. The van der Waals surface area contributed by atoms with E-state index >= 15 is 0 Å². The molecular weight excluding hydrogens is 392 g/mol. The highest BCUT2D eigenvalue weighted by Gasteiger charge is 2.22. The van der Waals surface area contributed by atoms with Gasteiger partial charge in [-0.05, 0) is 18.6 Å². The molecule has 0 bridgehead atoms. The maximum Gasteiger partial charge on any atom is 0.315 e. The zero-order chi connectivity index (χ0) is 21.5. The first-order chi connectivity index (χ1) is 14.5. The van der Waals surface area contributed by atoms with Gasteiger partial charge in [-0.25, -0.2) is 5.43 Å². The van der Waals surface area contributed by atoms with Gasteiger partial charge in [-0.1, -0.05) is 29.8 Å². The summed E-state index contributed by atoms with van der Waals surface area (Å²) in [5.41, 5.74) is 4.11. The molecular formula is C19H18N6O5. The number of benzene rings is 2. The number of aryl methyl sites for hydroxylation is 1. The summed E-state index contributed by atoms with van der Waals surface area (Å²) in [5.74, 6) is 0.232. The van der Waals surface area contributed by atoms with Crippen molar-refractivity contribution in [1.29, 1.82) is 0 Å². The average molecular weight is 410 g/mol. The first-order valence-corrected chi connectivity index (χ1v) is 8.72. The molecule has 154 valence electrons. The topological polar surface area (TPSA) is 145 Å². The summed E-state index contributed by atoms with van der Waals surface area (Å²) < 4.78 is 11.0. The minimum absolute atomic E-state index is 0.0199. The highest BCUT2D eigenvalue weighted by Crippen LogP contribution is 2.38. The number of nitro benzene ring substituents is 1. The minimum atomic E-state index is -0.558. The second kappa shape index (κ2) is 9.28. The summed E-state index contributed by atoms with van der Waals surface area (Å²) in [7, 11) is 1.39. The summed E-state index contributed by atoms with van der Waals surface area (Å²) in [4.78, 5) is 24.6. The number of anilines is 1. The predicted octanol–water partition coefficient (Wildman–Crippen LogP) is 2.42. The number of hydrazone groups is 1. The van der Waals surface area contributed by atoms with E-state index in [9.17, 15) is 14.9 Å². The molecule has 0 aliphatic carbocycles. The second-order valence-corrected chi connectivity index (χ2v) is 6.16. The van der Waals surface area contributed by atoms with Gasteiger partial charge in [0.15, 0.2) is 5.75 Å². The van der Waals surface area contributed by atoms with E-state index in [0.29, 0.717) is 5.56 Å². The number of hydrogen-bond acceptors (Lipinski definition) is 9. The molecule has 0 aliphatic heterocycles. The van der Waals surface area contributed by atoms with Crippen molar-refractivity contribution in [1.82, 2.24) is 15.2 Å². The Morgan fingerprint density at radius 1 is 1.30 bits per heavy atom. The molecule has 0 amide bonds. The van der Waals surface area contributed by atoms with E-state index < -0.39 is 10.5 Å². The van der Waals surface area contributed by atoms with E-state index in [0.717, 1.165) is 17.3 Å². The summed E-state index contributed by atoms with van der Waals surface area (Å²) in [6.07, 6.45) is 2.32. The molecule has 0 unspecified atom stereocenters. The van der Waals surface area contributed by atoms with E-state index in [1.165, 1.54) is 19.4 Å². The number of aromatic amines is 1. The molecule has 0 aliphatic rings. The van der Waals surface area contributed by atoms with Crippen molar-refractivity contribution in [2.24, 2.45) is 5.10 Å². The molecule has 0 saturated heterocycles. The number of nitrogens with one attached hydrogen (secondary N) is 2. The highest BCUT2D eigenvalue weighted by atomic mass is 16.6. The Kier molecular flexibility index (Phi) is 6.33. The molecule has 3 rings (SSSR count). The molecule has 0 saturated carbocycles. The lowest BCUT2D eigenvalue weighted by Crippen LogP contribution is -2.10. The Labute approximate surface area is 170 Å². The monoisotopic (exact) mass is 410 g/mol. The standard InChI is InChI=1S/C19H18N6O5/c1-12-3-5-13(6-4-12)11-30-18-15(25(27)28)7-14(8-16(18)29-2)9-20-23-19-22-17(26)10-21-24-19/h3-10H,11H2,1-2H3,(H2,22,23,24,26)/b20-9+. The normalized spacial score (nSPS) is 10.7. The molecule has 0 atom stereocenters. The Morgan fingerprint density at radius 3 is 2.73 bits per heavy atom. The lowest BCUT2D eigenvalue weighted by molar-refractivity contribution is -0.386. The van der Waals surface area contributed by atoms with Crippen LogP contribution in [-0.4, -0.2) is 33.4 Å². The molecule has 2 N–H and O–H groups in total. The molecule has 30 heavy (non-hydrogen) atoms. The van der Waals surface area contributed by atoms with Crippen LogP contribution in [0, 0.1) is 17.0 Å². The minimum Gasteiger partial charge on any atom is -0.493 e. The van der Waals surface area contributed by atoms with E-state index in [1.54, 1.807) is 6.07 Å². The maximum absolute atomic E-state index is 11.6. The number of nitro groups is 1. The lowest BCUT2D eigenvalue weighted by atomic mass is 10.1. The third-order valence-electron chi connectivity index (χ3n) is 3.94. The van der Waals surface area contributed by atoms with Crippen molar-refractivity contribution >= 4 is 17.9 Å². The van der Waals surface area contributed by atoms with E-state index in [4.69, 9.17) is 9.47 Å². The Hall–Kier alpha value is -4.28. The number of ether oxygens (including phenoxy) is 2. The van der Waals surface area contributed by atoms with Crippen molar-refractivity contribution in [2.75, 3.05) is 12.5 Å². The molecule has 0 fully saturated rings. The molecule has 1 aromatic heterocycles. The SMILES string of the molecule is COc1cc(/C=N/Nc2nncc(=O)[nH]2)cc([N+](=O)[O-])c1OCc1ccc(C)cc1. The zero-order valence-corrected chi connectivity index (χ0v) is 16.2. The van der Waals surface area contributed by atoms with Gasteiger partial charge in [0.25, 0.3) is 5.56 Å². The fourth-order valence-corrected chi connectivity index (χ4v) is 2.49. The van der Waals surface area contributed by atoms with Gasteiger partial charge in [0.2, 0.25) is 11.7 Å². The third-order valence-corrected chi connectivity index (χ3v) is 3.94. The first-order valence-electron chi connectivity index (χ1n) is 8.72. The van der Waals surface area contributed by atoms with Crippen LogP contribution < -0.4 is 20.5 Å². The van der Waals surface area contributed by atoms with Gasteiger partial charge in [-0.15, -0.1) is 10.2 Å². The van der Waals surface area contributed by atoms with Gasteiger partial charge in [-0.2, -0.15) is 5.10 Å². The van der Waals surface area contributed by atoms with Crippen LogP contribution in [-0.2, 0) is 6.61 Å². The van der Waals surface area contributed by atoms with Gasteiger partial charge >= 0.3 is 5.69 Å². The second-order valence-electron chi connectivity index (χ2n) is 6.16. The molecule has 3 aromatic rings. The molecule has 11 nitrogen and oxygen atoms in total. The molecule has 0 spiro atoms. The van der Waals surface area contributed by atoms with Gasteiger partial charge in [0.1, 0.15) is 12.8 Å². The largest absolute Gasteiger partial charge is 0.493 e. The van der Waals surface area contributed by atoms with Crippen LogP contribution in [0.4, 0.5) is 11.6 Å². The summed E-state index contributed by atoms with van der Waals surface area (Å²) >= 11 is 0. The number of aromatic nitrogens is 3. The van der Waals surface area contributed by atoms with Crippen LogP contribution >= 0.6 is 0 Å². The highest BCUT2D eigenvalue weighted by molar-refractivity contribution is 5.83. The zero-order valence-electron chi connectivity index (χ0n) is 16.2. The smallest absolute Gasteiger partial charge is 0.315 e. The number of rotatable bonds is 8. The molecule has 2 aromatic carbocycles. The van der Waals surface area contributed by atoms with Crippen molar-refractivity contribution in [3.05, 3.63) is 79.8 Å². The van der Waals surface area contributed by atoms with Crippen LogP contribution in [0.5, 0.6) is 11.5 Å².